The zero-order valence-corrected chi connectivity index (χ0v) is 12.6. The Balaban J connectivity index is 1.80. The van der Waals surface area contributed by atoms with Crippen molar-refractivity contribution in [3.05, 3.63) is 34.1 Å². The zero-order chi connectivity index (χ0) is 13.7. The van der Waals surface area contributed by atoms with E-state index in [-0.39, 0.29) is 11.9 Å². The zero-order valence-electron chi connectivity index (χ0n) is 11.0. The van der Waals surface area contributed by atoms with Crippen LogP contribution in [0.1, 0.15) is 24.4 Å². The molecule has 2 rings (SSSR count). The molecule has 0 radical (unpaired) electrons. The van der Waals surface area contributed by atoms with E-state index in [9.17, 15) is 4.39 Å². The third kappa shape index (κ3) is 4.53. The number of nitrogens with two attached hydrogens (primary N) is 1. The fourth-order valence-electron chi connectivity index (χ4n) is 2.42. The Labute approximate surface area is 122 Å². The average Bonchev–Trinajstić information content (AvgIpc) is 2.42. The summed E-state index contributed by atoms with van der Waals surface area (Å²) >= 11 is 3.36. The van der Waals surface area contributed by atoms with Crippen molar-refractivity contribution < 1.29 is 4.39 Å². The van der Waals surface area contributed by atoms with Crippen molar-refractivity contribution >= 4 is 15.9 Å². The van der Waals surface area contributed by atoms with E-state index in [0.717, 1.165) is 50.0 Å². The molecule has 1 unspecified atom stereocenters. The van der Waals surface area contributed by atoms with Crippen molar-refractivity contribution in [2.24, 2.45) is 5.73 Å². The molecule has 0 aliphatic carbocycles. The number of nitrogens with zero attached hydrogens (tertiary/aromatic N) is 1. The molecule has 3 N–H and O–H groups in total. The van der Waals surface area contributed by atoms with Gasteiger partial charge in [-0.05, 0) is 37.6 Å². The van der Waals surface area contributed by atoms with Crippen molar-refractivity contribution in [3.8, 4) is 0 Å². The summed E-state index contributed by atoms with van der Waals surface area (Å²) in [5.41, 5.74) is 6.69. The van der Waals surface area contributed by atoms with Crippen LogP contribution in [0.4, 0.5) is 4.39 Å². The molecule has 0 amide bonds. The predicted molar refractivity (Wildman–Crippen MR) is 79.6 cm³/mol. The molecule has 1 heterocycles. The van der Waals surface area contributed by atoms with Crippen LogP contribution >= 0.6 is 15.9 Å². The lowest BCUT2D eigenvalue weighted by atomic mass is 10.0. The average molecular weight is 330 g/mol. The Morgan fingerprint density at radius 2 is 2.11 bits per heavy atom. The van der Waals surface area contributed by atoms with E-state index < -0.39 is 0 Å². The van der Waals surface area contributed by atoms with E-state index in [1.165, 1.54) is 6.07 Å². The van der Waals surface area contributed by atoms with E-state index >= 15 is 0 Å². The first-order valence-electron chi connectivity index (χ1n) is 6.80. The lowest BCUT2D eigenvalue weighted by Crippen LogP contribution is -2.43. The second-order valence-corrected chi connectivity index (χ2v) is 5.92. The van der Waals surface area contributed by atoms with Gasteiger partial charge in [0.1, 0.15) is 5.82 Å². The van der Waals surface area contributed by atoms with Crippen molar-refractivity contribution in [3.63, 3.8) is 0 Å². The van der Waals surface area contributed by atoms with E-state index in [1.54, 1.807) is 12.1 Å². The molecule has 0 bridgehead atoms. The van der Waals surface area contributed by atoms with Gasteiger partial charge in [0.15, 0.2) is 0 Å². The Hall–Kier alpha value is -0.490. The molecular formula is C14H21BrFN3. The smallest absolute Gasteiger partial charge is 0.128 e. The van der Waals surface area contributed by atoms with E-state index in [4.69, 9.17) is 5.73 Å². The van der Waals surface area contributed by atoms with Gasteiger partial charge in [0.2, 0.25) is 0 Å². The van der Waals surface area contributed by atoms with Gasteiger partial charge in [0.05, 0.1) is 0 Å². The summed E-state index contributed by atoms with van der Waals surface area (Å²) in [5.74, 6) is -0.210. The van der Waals surface area contributed by atoms with Crippen LogP contribution in [0, 0.1) is 5.82 Å². The predicted octanol–water partition coefficient (Wildman–Crippen LogP) is 2.27. The molecule has 1 aliphatic rings. The summed E-state index contributed by atoms with van der Waals surface area (Å²) in [6, 6.07) is 4.73. The molecule has 1 fully saturated rings. The number of rotatable bonds is 5. The Morgan fingerprint density at radius 1 is 1.37 bits per heavy atom. The maximum Gasteiger partial charge on any atom is 0.128 e. The van der Waals surface area contributed by atoms with Crippen LogP contribution in [-0.4, -0.2) is 37.6 Å². The fraction of sp³-hybridized carbons (Fsp3) is 0.571. The van der Waals surface area contributed by atoms with Crippen LogP contribution in [0.5, 0.6) is 0 Å². The third-order valence-electron chi connectivity index (χ3n) is 3.56. The first kappa shape index (κ1) is 14.9. The molecule has 0 spiro atoms. The monoisotopic (exact) mass is 329 g/mol. The standard InChI is InChI=1S/C14H21BrFN3/c15-11-3-4-13(16)12(10-11)14(17)2-1-7-19-8-5-18-6-9-19/h3-4,10,14,18H,1-2,5-9,17H2. The summed E-state index contributed by atoms with van der Waals surface area (Å²) in [6.45, 7) is 5.37. The third-order valence-corrected chi connectivity index (χ3v) is 4.05. The van der Waals surface area contributed by atoms with Crippen LogP contribution in [0.3, 0.4) is 0 Å². The molecule has 0 saturated carbocycles. The van der Waals surface area contributed by atoms with E-state index in [1.807, 2.05) is 0 Å². The van der Waals surface area contributed by atoms with Gasteiger partial charge in [0, 0.05) is 42.3 Å². The Kier molecular flexibility index (Phi) is 5.76. The van der Waals surface area contributed by atoms with Crippen LogP contribution in [0.2, 0.25) is 0 Å². The van der Waals surface area contributed by atoms with Gasteiger partial charge in [-0.1, -0.05) is 15.9 Å². The number of halogens is 2. The van der Waals surface area contributed by atoms with Gasteiger partial charge in [-0.2, -0.15) is 0 Å². The summed E-state index contributed by atoms with van der Waals surface area (Å²) < 4.78 is 14.6. The van der Waals surface area contributed by atoms with Gasteiger partial charge < -0.3 is 16.0 Å². The molecule has 1 atom stereocenters. The normalized spacial score (nSPS) is 18.5. The highest BCUT2D eigenvalue weighted by atomic mass is 79.9. The number of hydrogen-bond donors (Lipinski definition) is 2. The molecule has 1 aromatic carbocycles. The van der Waals surface area contributed by atoms with Crippen molar-refractivity contribution in [1.29, 1.82) is 0 Å². The van der Waals surface area contributed by atoms with Gasteiger partial charge in [0.25, 0.3) is 0 Å². The molecule has 19 heavy (non-hydrogen) atoms. The molecule has 1 saturated heterocycles. The number of hydrogen-bond acceptors (Lipinski definition) is 3. The first-order valence-corrected chi connectivity index (χ1v) is 7.60. The maximum absolute atomic E-state index is 13.7. The topological polar surface area (TPSA) is 41.3 Å². The minimum absolute atomic E-state index is 0.210. The highest BCUT2D eigenvalue weighted by Gasteiger charge is 2.13. The van der Waals surface area contributed by atoms with Crippen molar-refractivity contribution in [1.82, 2.24) is 10.2 Å². The van der Waals surface area contributed by atoms with E-state index in [2.05, 4.69) is 26.1 Å². The van der Waals surface area contributed by atoms with Crippen molar-refractivity contribution in [2.45, 2.75) is 18.9 Å². The molecule has 3 nitrogen and oxygen atoms in total. The largest absolute Gasteiger partial charge is 0.324 e. The molecular weight excluding hydrogens is 309 g/mol. The van der Waals surface area contributed by atoms with Crippen molar-refractivity contribution in [2.75, 3.05) is 32.7 Å². The molecule has 1 aliphatic heterocycles. The second kappa shape index (κ2) is 7.33. The summed E-state index contributed by atoms with van der Waals surface area (Å²) in [5, 5.41) is 3.33. The number of nitrogens with one attached hydrogen (secondary N) is 1. The maximum atomic E-state index is 13.7. The summed E-state index contributed by atoms with van der Waals surface area (Å²) in [4.78, 5) is 2.43. The quantitative estimate of drug-likeness (QED) is 0.870. The minimum atomic E-state index is -0.222. The van der Waals surface area contributed by atoms with Crippen LogP contribution < -0.4 is 11.1 Å². The number of benzene rings is 1. The summed E-state index contributed by atoms with van der Waals surface area (Å²) in [6.07, 6.45) is 1.82. The van der Waals surface area contributed by atoms with Crippen LogP contribution in [0.25, 0.3) is 0 Å². The van der Waals surface area contributed by atoms with E-state index in [0.29, 0.717) is 5.56 Å². The number of piperazine rings is 1. The Bertz CT molecular complexity index is 408. The fourth-order valence-corrected chi connectivity index (χ4v) is 2.80. The molecule has 106 valence electrons. The molecule has 5 heteroatoms. The van der Waals surface area contributed by atoms with Gasteiger partial charge >= 0.3 is 0 Å². The van der Waals surface area contributed by atoms with Gasteiger partial charge in [-0.25, -0.2) is 4.39 Å². The summed E-state index contributed by atoms with van der Waals surface area (Å²) in [7, 11) is 0. The lowest BCUT2D eigenvalue weighted by molar-refractivity contribution is 0.234. The van der Waals surface area contributed by atoms with Gasteiger partial charge in [-0.15, -0.1) is 0 Å². The lowest BCUT2D eigenvalue weighted by Gasteiger charge is -2.27. The highest BCUT2D eigenvalue weighted by Crippen LogP contribution is 2.23. The SMILES string of the molecule is NC(CCCN1CCNCC1)c1cc(Br)ccc1F. The van der Waals surface area contributed by atoms with Gasteiger partial charge in [-0.3, -0.25) is 0 Å². The second-order valence-electron chi connectivity index (χ2n) is 5.01. The highest BCUT2D eigenvalue weighted by molar-refractivity contribution is 9.10. The van der Waals surface area contributed by atoms with Crippen LogP contribution in [-0.2, 0) is 0 Å². The Morgan fingerprint density at radius 3 is 2.84 bits per heavy atom. The molecule has 1 aromatic rings. The molecule has 0 aromatic heterocycles. The minimum Gasteiger partial charge on any atom is -0.324 e. The first-order chi connectivity index (χ1) is 9.16. The van der Waals surface area contributed by atoms with Crippen LogP contribution in [0.15, 0.2) is 22.7 Å².